The fraction of sp³-hybridized carbons (Fsp3) is 0.150. The Morgan fingerprint density at radius 1 is 0.667 bits per heavy atom. The van der Waals surface area contributed by atoms with Crippen molar-refractivity contribution in [2.75, 3.05) is 4.90 Å². The van der Waals surface area contributed by atoms with Crippen molar-refractivity contribution in [3.05, 3.63) is 139 Å². The third-order valence-electron chi connectivity index (χ3n) is 8.48. The van der Waals surface area contributed by atoms with Crippen molar-refractivity contribution in [1.29, 1.82) is 0 Å². The van der Waals surface area contributed by atoms with Gasteiger partial charge in [0.2, 0.25) is 0 Å². The van der Waals surface area contributed by atoms with E-state index in [-0.39, 0.29) is 11.7 Å². The second kappa shape index (κ2) is 11.6. The van der Waals surface area contributed by atoms with E-state index >= 15 is 0 Å². The number of rotatable bonds is 7. The number of aromatic hydroxyl groups is 1. The van der Waals surface area contributed by atoms with Crippen LogP contribution >= 0.6 is 0 Å². The van der Waals surface area contributed by atoms with E-state index in [0.717, 1.165) is 50.4 Å². The Labute approximate surface area is 264 Å². The molecule has 0 aliphatic rings. The summed E-state index contributed by atoms with van der Waals surface area (Å²) in [7, 11) is 0. The predicted octanol–water partition coefficient (Wildman–Crippen LogP) is 10.7. The average molecular weight is 589 g/mol. The van der Waals surface area contributed by atoms with E-state index in [1.165, 1.54) is 11.1 Å². The highest BCUT2D eigenvalue weighted by atomic mass is 16.3. The van der Waals surface area contributed by atoms with E-state index in [9.17, 15) is 5.11 Å². The molecule has 0 atom stereocenters. The van der Waals surface area contributed by atoms with Gasteiger partial charge in [0, 0.05) is 33.9 Å². The predicted molar refractivity (Wildman–Crippen MR) is 186 cm³/mol. The lowest BCUT2D eigenvalue weighted by Crippen LogP contribution is -2.11. The summed E-state index contributed by atoms with van der Waals surface area (Å²) in [6.45, 7) is 8.89. The molecule has 0 amide bonds. The zero-order valence-electron chi connectivity index (χ0n) is 26.0. The number of nitrogens with zero attached hydrogens (tertiary/aromatic N) is 4. The Kier molecular flexibility index (Phi) is 7.30. The highest BCUT2D eigenvalue weighted by molar-refractivity contribution is 6.09. The summed E-state index contributed by atoms with van der Waals surface area (Å²) in [6, 6.07) is 41.3. The van der Waals surface area contributed by atoms with Gasteiger partial charge in [-0.1, -0.05) is 82.3 Å². The largest absolute Gasteiger partial charge is 0.506 e. The fourth-order valence-electron chi connectivity index (χ4n) is 6.16. The number of fused-ring (bicyclic) bond motifs is 3. The quantitative estimate of drug-likeness (QED) is 0.201. The molecule has 0 aliphatic carbocycles. The molecule has 0 bridgehead atoms. The monoisotopic (exact) mass is 588 g/mol. The van der Waals surface area contributed by atoms with Crippen LogP contribution in [0.1, 0.15) is 50.7 Å². The number of aromatic nitrogens is 3. The number of phenolic OH excluding ortho intramolecular Hbond substituents is 1. The lowest BCUT2D eigenvalue weighted by molar-refractivity contribution is 0.473. The average Bonchev–Trinajstić information content (AvgIpc) is 3.38. The van der Waals surface area contributed by atoms with Gasteiger partial charge in [0.05, 0.1) is 16.9 Å². The molecule has 3 heterocycles. The normalized spacial score (nSPS) is 11.6. The van der Waals surface area contributed by atoms with E-state index in [2.05, 4.69) is 97.8 Å². The van der Waals surface area contributed by atoms with Gasteiger partial charge in [-0.2, -0.15) is 0 Å². The summed E-state index contributed by atoms with van der Waals surface area (Å²) in [6.07, 6.45) is 1.82. The van der Waals surface area contributed by atoms with Crippen LogP contribution in [-0.4, -0.2) is 19.6 Å². The van der Waals surface area contributed by atoms with Crippen LogP contribution in [0.15, 0.2) is 128 Å². The van der Waals surface area contributed by atoms with Crippen LogP contribution in [0, 0.1) is 0 Å². The summed E-state index contributed by atoms with van der Waals surface area (Å²) in [5, 5.41) is 13.2. The number of hydrogen-bond acceptors (Lipinski definition) is 4. The smallest absolute Gasteiger partial charge is 0.146 e. The summed E-state index contributed by atoms with van der Waals surface area (Å²) in [5.74, 6) is 1.69. The van der Waals surface area contributed by atoms with Crippen molar-refractivity contribution in [2.24, 2.45) is 0 Å². The molecule has 5 nitrogen and oxygen atoms in total. The van der Waals surface area contributed by atoms with Gasteiger partial charge >= 0.3 is 0 Å². The van der Waals surface area contributed by atoms with Crippen molar-refractivity contribution < 1.29 is 5.11 Å². The maximum atomic E-state index is 11.0. The van der Waals surface area contributed by atoms with Crippen LogP contribution in [0.2, 0.25) is 0 Å². The van der Waals surface area contributed by atoms with E-state index < -0.39 is 0 Å². The molecular formula is C40H36N4O. The molecule has 0 aliphatic heterocycles. The first-order valence-electron chi connectivity index (χ1n) is 15.5. The van der Waals surface area contributed by atoms with Gasteiger partial charge in [-0.25, -0.2) is 9.97 Å². The van der Waals surface area contributed by atoms with E-state index in [0.29, 0.717) is 11.6 Å². The van der Waals surface area contributed by atoms with Gasteiger partial charge in [-0.05, 0) is 89.7 Å². The molecule has 222 valence electrons. The summed E-state index contributed by atoms with van der Waals surface area (Å²) >= 11 is 0. The van der Waals surface area contributed by atoms with Crippen LogP contribution < -0.4 is 4.90 Å². The number of pyridine rings is 2. The van der Waals surface area contributed by atoms with Crippen LogP contribution in [-0.2, 0) is 0 Å². The lowest BCUT2D eigenvalue weighted by atomic mass is 9.94. The second-order valence-electron chi connectivity index (χ2n) is 12.1. The number of hydrogen-bond donors (Lipinski definition) is 1. The minimum atomic E-state index is 0.219. The summed E-state index contributed by atoms with van der Waals surface area (Å²) in [5.41, 5.74) is 8.98. The molecule has 7 aromatic rings. The minimum absolute atomic E-state index is 0.219. The van der Waals surface area contributed by atoms with Crippen molar-refractivity contribution in [3.8, 4) is 22.7 Å². The first kappa shape index (κ1) is 28.4. The molecule has 0 radical (unpaired) electrons. The molecule has 0 unspecified atom stereocenters. The highest BCUT2D eigenvalue weighted by Crippen LogP contribution is 2.41. The molecule has 1 N–H and O–H groups in total. The minimum Gasteiger partial charge on any atom is -0.506 e. The van der Waals surface area contributed by atoms with Gasteiger partial charge in [-0.3, -0.25) is 9.47 Å². The maximum absolute atomic E-state index is 11.0. The standard InChI is InChI=1S/C40H36N4O/c1-26(2)28-20-21-35-33(24-28)34-25-32(27(3)4)39(42-40(34)44(35)36-17-8-9-18-37(36)45)29-13-12-16-31(23-29)43(30-14-6-5-7-15-30)38-19-10-11-22-41-38/h5-27,45H,1-4H3. The van der Waals surface area contributed by atoms with Crippen LogP contribution in [0.5, 0.6) is 5.75 Å². The molecule has 45 heavy (non-hydrogen) atoms. The molecule has 0 saturated heterocycles. The Morgan fingerprint density at radius 3 is 2.16 bits per heavy atom. The van der Waals surface area contributed by atoms with Crippen molar-refractivity contribution in [1.82, 2.24) is 14.5 Å². The van der Waals surface area contributed by atoms with Gasteiger partial charge < -0.3 is 5.11 Å². The van der Waals surface area contributed by atoms with Crippen LogP contribution in [0.4, 0.5) is 17.2 Å². The first-order chi connectivity index (χ1) is 21.9. The summed E-state index contributed by atoms with van der Waals surface area (Å²) < 4.78 is 2.10. The Bertz CT molecular complexity index is 2090. The number of anilines is 3. The molecule has 5 heteroatoms. The molecule has 0 saturated carbocycles. The van der Waals surface area contributed by atoms with Gasteiger partial charge in [0.25, 0.3) is 0 Å². The van der Waals surface area contributed by atoms with Gasteiger partial charge in [-0.15, -0.1) is 0 Å². The SMILES string of the molecule is CC(C)c1ccc2c(c1)c1cc(C(C)C)c(-c3cccc(N(c4ccccc4)c4ccccn4)c3)nc1n2-c1ccccc1O. The third-order valence-corrected chi connectivity index (χ3v) is 8.48. The topological polar surface area (TPSA) is 54.2 Å². The van der Waals surface area contributed by atoms with Crippen LogP contribution in [0.25, 0.3) is 38.9 Å². The zero-order valence-corrected chi connectivity index (χ0v) is 26.0. The second-order valence-corrected chi connectivity index (χ2v) is 12.1. The summed E-state index contributed by atoms with van der Waals surface area (Å²) in [4.78, 5) is 12.3. The van der Waals surface area contributed by atoms with E-state index in [1.54, 1.807) is 6.07 Å². The Balaban J connectivity index is 1.50. The van der Waals surface area contributed by atoms with Crippen molar-refractivity contribution in [3.63, 3.8) is 0 Å². The zero-order chi connectivity index (χ0) is 31.1. The van der Waals surface area contributed by atoms with Gasteiger partial charge in [0.15, 0.2) is 0 Å². The van der Waals surface area contributed by atoms with Crippen LogP contribution in [0.3, 0.4) is 0 Å². The molecule has 3 aromatic heterocycles. The molecule has 7 rings (SSSR count). The Hall–Kier alpha value is -5.42. The molecular weight excluding hydrogens is 552 g/mol. The Morgan fingerprint density at radius 2 is 1.42 bits per heavy atom. The number of benzene rings is 4. The number of phenols is 1. The fourth-order valence-corrected chi connectivity index (χ4v) is 6.16. The highest BCUT2D eigenvalue weighted by Gasteiger charge is 2.22. The molecule has 0 fully saturated rings. The molecule has 4 aromatic carbocycles. The van der Waals surface area contributed by atoms with E-state index in [4.69, 9.17) is 9.97 Å². The third kappa shape index (κ3) is 5.10. The molecule has 0 spiro atoms. The first-order valence-corrected chi connectivity index (χ1v) is 15.5. The van der Waals surface area contributed by atoms with Crippen molar-refractivity contribution in [2.45, 2.75) is 39.5 Å². The van der Waals surface area contributed by atoms with E-state index in [1.807, 2.05) is 60.8 Å². The maximum Gasteiger partial charge on any atom is 0.146 e. The lowest BCUT2D eigenvalue weighted by Gasteiger charge is -2.25. The number of para-hydroxylation sites is 3. The van der Waals surface area contributed by atoms with Crippen molar-refractivity contribution >= 4 is 39.1 Å². The van der Waals surface area contributed by atoms with Gasteiger partial charge in [0.1, 0.15) is 17.2 Å².